The summed E-state index contributed by atoms with van der Waals surface area (Å²) in [5.74, 6) is -0.253. The van der Waals surface area contributed by atoms with E-state index in [-0.39, 0.29) is 12.5 Å². The molecule has 0 heterocycles. The summed E-state index contributed by atoms with van der Waals surface area (Å²) in [6, 6.07) is -0.663. The van der Waals surface area contributed by atoms with Crippen LogP contribution in [0.15, 0.2) is 0 Å². The molecular formula is C15H32N5O5P. The average molecular weight is 394 g/mol. The van der Waals surface area contributed by atoms with E-state index in [0.29, 0.717) is 45.5 Å². The molecule has 26 heavy (non-hydrogen) atoms. The van der Waals surface area contributed by atoms with Crippen LogP contribution in [0.1, 0.15) is 33.1 Å². The fraction of sp³-hybridized carbons (Fsp3) is 0.800. The molecule has 3 amide bonds. The molecule has 0 saturated heterocycles. The van der Waals surface area contributed by atoms with Gasteiger partial charge in [0.15, 0.2) is 1.41 Å². The minimum Gasteiger partial charge on any atom is -0.450 e. The molecule has 0 aliphatic carbocycles. The Kier molecular flexibility index (Phi) is 18.0. The smallest absolute Gasteiger partial charge is 0.407 e. The van der Waals surface area contributed by atoms with Crippen LogP contribution in [0.4, 0.5) is 9.59 Å². The number of amides is 3. The molecule has 0 fully saturated rings. The Balaban J connectivity index is 0. The van der Waals surface area contributed by atoms with Gasteiger partial charge in [0.1, 0.15) is 6.04 Å². The molecule has 0 aromatic carbocycles. The number of carbonyl (C=O) groups is 3. The van der Waals surface area contributed by atoms with Crippen LogP contribution in [0, 0.1) is 5.15 Å². The predicted octanol–water partition coefficient (Wildman–Crippen LogP) is 1.24. The van der Waals surface area contributed by atoms with Crippen molar-refractivity contribution in [2.75, 3.05) is 39.9 Å². The van der Waals surface area contributed by atoms with E-state index in [4.69, 9.17) is 10.9 Å². The number of alkyl carbamates (subject to hydrolysis) is 2. The average Bonchev–Trinajstić information content (AvgIpc) is 2.61. The number of carbonyl (C=O) groups excluding carboxylic acids is 3. The Morgan fingerprint density at radius 1 is 1.04 bits per heavy atom. The van der Waals surface area contributed by atoms with Crippen molar-refractivity contribution in [3.05, 3.63) is 0 Å². The van der Waals surface area contributed by atoms with Crippen LogP contribution in [0.5, 0.6) is 0 Å². The van der Waals surface area contributed by atoms with Gasteiger partial charge in [-0.05, 0) is 49.2 Å². The van der Waals surface area contributed by atoms with Gasteiger partial charge in [-0.3, -0.25) is 9.95 Å². The minimum atomic E-state index is -0.663. The van der Waals surface area contributed by atoms with Gasteiger partial charge in [0, 0.05) is 19.6 Å². The summed E-state index contributed by atoms with van der Waals surface area (Å²) in [6.45, 7) is 5.56. The monoisotopic (exact) mass is 394 g/mol. The largest absolute Gasteiger partial charge is 0.450 e. The Bertz CT molecular complexity index is 431. The lowest BCUT2D eigenvalue weighted by Crippen LogP contribution is -2.48. The van der Waals surface area contributed by atoms with Crippen LogP contribution in [0.25, 0.3) is 0 Å². The third-order valence-corrected chi connectivity index (χ3v) is 3.02. The Morgan fingerprint density at radius 3 is 2.23 bits per heavy atom. The van der Waals surface area contributed by atoms with E-state index in [1.54, 1.807) is 20.9 Å². The fourth-order valence-corrected chi connectivity index (χ4v) is 1.86. The molecule has 0 saturated carbocycles. The molecule has 0 spiro atoms. The van der Waals surface area contributed by atoms with Gasteiger partial charge in [0.2, 0.25) is 5.91 Å². The maximum Gasteiger partial charge on any atom is 0.407 e. The molecule has 1 atom stereocenters. The second kappa shape index (κ2) is 19.4. The van der Waals surface area contributed by atoms with Crippen molar-refractivity contribution >= 4 is 27.1 Å². The van der Waals surface area contributed by atoms with Gasteiger partial charge in [-0.1, -0.05) is 0 Å². The lowest BCUT2D eigenvalue weighted by Gasteiger charge is -2.18. The first-order chi connectivity index (χ1) is 13.0. The highest BCUT2D eigenvalue weighted by atomic mass is 31.0. The molecule has 152 valence electrons. The first-order valence-corrected chi connectivity index (χ1v) is 8.98. The third kappa shape index (κ3) is 15.6. The van der Waals surface area contributed by atoms with E-state index < -0.39 is 18.2 Å². The number of unbranched alkanes of at least 4 members (excludes halogenated alkanes) is 1. The summed E-state index contributed by atoms with van der Waals surface area (Å²) in [6.07, 6.45) is 0.709. The number of hydrogen-bond donors (Lipinski definition) is 5. The molecule has 0 aromatic rings. The van der Waals surface area contributed by atoms with Crippen LogP contribution < -0.4 is 21.3 Å². The molecule has 0 radical (unpaired) electrons. The van der Waals surface area contributed by atoms with E-state index in [0.717, 1.165) is 0 Å². The lowest BCUT2D eigenvalue weighted by molar-refractivity contribution is -0.123. The number of rotatable bonds is 12. The highest BCUT2D eigenvalue weighted by molar-refractivity contribution is 7.02. The van der Waals surface area contributed by atoms with Crippen LogP contribution >= 0.6 is 9.03 Å². The zero-order valence-corrected chi connectivity index (χ0v) is 16.7. The zero-order valence-electron chi connectivity index (χ0n) is 16.7. The second-order valence-electron chi connectivity index (χ2n) is 4.96. The topological polar surface area (TPSA) is 142 Å². The van der Waals surface area contributed by atoms with Crippen molar-refractivity contribution in [1.82, 2.24) is 21.3 Å². The van der Waals surface area contributed by atoms with Crippen molar-refractivity contribution in [1.29, 1.82) is 5.15 Å². The van der Waals surface area contributed by atoms with Gasteiger partial charge in [0.25, 0.3) is 0 Å². The van der Waals surface area contributed by atoms with Crippen molar-refractivity contribution < 1.29 is 25.3 Å². The standard InChI is InChI=1S/C15H30N4O5.H2NP/c1-4-23-14(21)18-9-7-6-8-12(19-15(22)24-5-2)13(20)17-11-10-16-3;1-2/h12,16H,4-11H2,1-3H3,(H,17,20)(H,18,21)(H,19,22);1-2H/i/hD. The summed E-state index contributed by atoms with van der Waals surface area (Å²) >= 11 is 0. The fourth-order valence-electron chi connectivity index (χ4n) is 1.86. The van der Waals surface area contributed by atoms with Gasteiger partial charge >= 0.3 is 12.2 Å². The van der Waals surface area contributed by atoms with E-state index in [9.17, 15) is 14.4 Å². The van der Waals surface area contributed by atoms with Gasteiger partial charge < -0.3 is 30.7 Å². The summed E-state index contributed by atoms with van der Waals surface area (Å²) in [5, 5.41) is 13.4. The summed E-state index contributed by atoms with van der Waals surface area (Å²) in [7, 11) is 4.26. The maximum atomic E-state index is 12.1. The van der Waals surface area contributed by atoms with Gasteiger partial charge in [0.05, 0.1) is 13.2 Å². The minimum absolute atomic E-state index is 0.239. The maximum absolute atomic E-state index is 12.1. The van der Waals surface area contributed by atoms with E-state index in [1.807, 2.05) is 0 Å². The van der Waals surface area contributed by atoms with E-state index in [2.05, 4.69) is 35.5 Å². The van der Waals surface area contributed by atoms with Crippen LogP contribution in [0.3, 0.4) is 0 Å². The molecule has 0 bridgehead atoms. The van der Waals surface area contributed by atoms with Crippen molar-refractivity contribution in [3.63, 3.8) is 0 Å². The molecule has 0 aliphatic heterocycles. The van der Waals surface area contributed by atoms with Crippen molar-refractivity contribution in [3.8, 4) is 0 Å². The van der Waals surface area contributed by atoms with Crippen LogP contribution in [0.2, 0.25) is 1.41 Å². The van der Waals surface area contributed by atoms with Crippen LogP contribution in [-0.2, 0) is 14.3 Å². The SMILES string of the molecule is CCOC(=O)NCCCCC(NC(=O)OCC)C(=O)NCCNC.[2H]N=P. The highest BCUT2D eigenvalue weighted by Crippen LogP contribution is 2.02. The zero-order chi connectivity index (χ0) is 20.9. The molecule has 0 rings (SSSR count). The molecule has 0 aromatic heterocycles. The summed E-state index contributed by atoms with van der Waals surface area (Å²) in [4.78, 5) is 34.8. The quantitative estimate of drug-likeness (QED) is 0.249. The van der Waals surface area contributed by atoms with Crippen molar-refractivity contribution in [2.24, 2.45) is 0 Å². The molecule has 11 heteroatoms. The second-order valence-corrected chi connectivity index (χ2v) is 4.96. The number of ether oxygens (including phenoxy) is 2. The van der Waals surface area contributed by atoms with E-state index >= 15 is 0 Å². The van der Waals surface area contributed by atoms with Gasteiger partial charge in [-0.15, -0.1) is 0 Å². The third-order valence-electron chi connectivity index (χ3n) is 3.02. The number of nitrogens with one attached hydrogen (secondary N) is 5. The van der Waals surface area contributed by atoms with Crippen LogP contribution in [-0.4, -0.2) is 64.0 Å². The lowest BCUT2D eigenvalue weighted by atomic mass is 10.1. The molecule has 5 N–H and O–H groups in total. The summed E-state index contributed by atoms with van der Waals surface area (Å²) < 4.78 is 15.3. The Hall–Kier alpha value is -1.93. The molecule has 0 aliphatic rings. The number of hydrogen-bond acceptors (Lipinski definition) is 7. The van der Waals surface area contributed by atoms with Gasteiger partial charge in [-0.25, -0.2) is 9.59 Å². The summed E-state index contributed by atoms with van der Waals surface area (Å²) in [5.41, 5.74) is 0. The molecule has 1 unspecified atom stereocenters. The van der Waals surface area contributed by atoms with Gasteiger partial charge in [-0.2, -0.15) is 0 Å². The molecule has 10 nitrogen and oxygen atoms in total. The predicted molar refractivity (Wildman–Crippen MR) is 101 cm³/mol. The Labute approximate surface area is 158 Å². The Morgan fingerprint density at radius 2 is 1.65 bits per heavy atom. The van der Waals surface area contributed by atoms with Crippen molar-refractivity contribution in [2.45, 2.75) is 39.2 Å². The normalized spacial score (nSPS) is 11.0. The van der Waals surface area contributed by atoms with E-state index in [1.165, 1.54) is 0 Å². The first kappa shape index (κ1) is 24.1. The first-order valence-electron chi connectivity index (χ1n) is 8.98. The highest BCUT2D eigenvalue weighted by Gasteiger charge is 2.20. The molecular weight excluding hydrogens is 361 g/mol. The number of likely N-dealkylation sites (N-methyl/N-ethyl adjacent to an activating group) is 1.